The Morgan fingerprint density at radius 2 is 2.25 bits per heavy atom. The fourth-order valence-corrected chi connectivity index (χ4v) is 2.01. The molecule has 2 heterocycles. The van der Waals surface area contributed by atoms with Crippen LogP contribution >= 0.6 is 0 Å². The minimum absolute atomic E-state index is 0.237. The van der Waals surface area contributed by atoms with Gasteiger partial charge < -0.3 is 19.6 Å². The van der Waals surface area contributed by atoms with Crippen LogP contribution in [0.3, 0.4) is 0 Å². The van der Waals surface area contributed by atoms with Crippen LogP contribution in [0.1, 0.15) is 24.4 Å². The highest BCUT2D eigenvalue weighted by Crippen LogP contribution is 2.19. The average molecular weight is 279 g/mol. The summed E-state index contributed by atoms with van der Waals surface area (Å²) in [5.41, 5.74) is 0. The van der Waals surface area contributed by atoms with Crippen molar-refractivity contribution in [2.24, 2.45) is 0 Å². The van der Waals surface area contributed by atoms with Gasteiger partial charge >= 0.3 is 5.97 Å². The number of rotatable bonds is 5. The molecule has 6 heteroatoms. The van der Waals surface area contributed by atoms with Crippen LogP contribution in [0.15, 0.2) is 22.6 Å². The molecule has 0 spiro atoms. The predicted octanol–water partition coefficient (Wildman–Crippen LogP) is 1.35. The molecule has 2 N–H and O–H groups in total. The smallest absolute Gasteiger partial charge is 0.332 e. The number of carbonyl (C=O) groups is 2. The van der Waals surface area contributed by atoms with E-state index in [0.29, 0.717) is 25.1 Å². The maximum Gasteiger partial charge on any atom is 0.332 e. The number of hydrogen-bond donors (Lipinski definition) is 2. The summed E-state index contributed by atoms with van der Waals surface area (Å²) in [6.07, 6.45) is 3.09. The van der Waals surface area contributed by atoms with Crippen molar-refractivity contribution in [2.45, 2.75) is 32.0 Å². The van der Waals surface area contributed by atoms with Crippen molar-refractivity contribution in [3.05, 3.63) is 29.7 Å². The van der Waals surface area contributed by atoms with Crippen LogP contribution in [0.5, 0.6) is 0 Å². The first kappa shape index (κ1) is 14.3. The maximum absolute atomic E-state index is 11.6. The van der Waals surface area contributed by atoms with Gasteiger partial charge in [0.05, 0.1) is 6.10 Å². The van der Waals surface area contributed by atoms with Crippen molar-refractivity contribution < 1.29 is 23.8 Å². The molecule has 0 aromatic carbocycles. The molecule has 1 aliphatic rings. The third-order valence-corrected chi connectivity index (χ3v) is 3.05. The zero-order valence-corrected chi connectivity index (χ0v) is 11.2. The maximum atomic E-state index is 11.6. The Morgan fingerprint density at radius 1 is 1.45 bits per heavy atom. The first-order chi connectivity index (χ1) is 9.54. The number of hydrogen-bond acceptors (Lipinski definition) is 4. The number of carbonyl (C=O) groups excluding carboxylic acids is 1. The van der Waals surface area contributed by atoms with Crippen molar-refractivity contribution >= 4 is 18.0 Å². The zero-order chi connectivity index (χ0) is 14.5. The number of aliphatic carboxylic acids is 1. The van der Waals surface area contributed by atoms with Crippen LogP contribution in [-0.2, 0) is 14.3 Å². The Bertz CT molecular complexity index is 519. The minimum Gasteiger partial charge on any atom is -0.479 e. The number of carboxylic acid groups (broad SMARTS) is 1. The molecule has 0 saturated carbocycles. The van der Waals surface area contributed by atoms with Crippen LogP contribution in [0, 0.1) is 6.92 Å². The summed E-state index contributed by atoms with van der Waals surface area (Å²) in [4.78, 5) is 22.3. The number of furan rings is 1. The van der Waals surface area contributed by atoms with E-state index in [1.807, 2.05) is 13.0 Å². The summed E-state index contributed by atoms with van der Waals surface area (Å²) in [5, 5.41) is 11.5. The van der Waals surface area contributed by atoms with Gasteiger partial charge in [0, 0.05) is 12.6 Å². The van der Waals surface area contributed by atoms with Gasteiger partial charge in [0.25, 0.3) is 0 Å². The highest BCUT2D eigenvalue weighted by Gasteiger charge is 2.30. The largest absolute Gasteiger partial charge is 0.479 e. The highest BCUT2D eigenvalue weighted by atomic mass is 16.5. The molecular weight excluding hydrogens is 262 g/mol. The monoisotopic (exact) mass is 279 g/mol. The standard InChI is InChI=1S/C14H17NO5/c1-9-2-3-10(19-9)5-7-13(16)15-8-11-4-6-12(20-11)14(17)18/h2-3,5,7,11-12H,4,6,8H2,1H3,(H,15,16)(H,17,18)/b7-5+. The predicted molar refractivity (Wildman–Crippen MR) is 71.0 cm³/mol. The fraction of sp³-hybridized carbons (Fsp3) is 0.429. The van der Waals surface area contributed by atoms with E-state index in [1.54, 1.807) is 12.1 Å². The molecule has 1 aromatic rings. The lowest BCUT2D eigenvalue weighted by atomic mass is 10.2. The molecule has 108 valence electrons. The van der Waals surface area contributed by atoms with E-state index in [0.717, 1.165) is 5.76 Å². The highest BCUT2D eigenvalue weighted by molar-refractivity contribution is 5.91. The zero-order valence-electron chi connectivity index (χ0n) is 11.2. The number of carboxylic acids is 1. The molecule has 0 radical (unpaired) electrons. The third-order valence-electron chi connectivity index (χ3n) is 3.05. The van der Waals surface area contributed by atoms with Gasteiger partial charge in [0.2, 0.25) is 5.91 Å². The van der Waals surface area contributed by atoms with E-state index in [-0.39, 0.29) is 12.0 Å². The van der Waals surface area contributed by atoms with Crippen molar-refractivity contribution in [3.63, 3.8) is 0 Å². The summed E-state index contributed by atoms with van der Waals surface area (Å²) in [7, 11) is 0. The second kappa shape index (κ2) is 6.38. The van der Waals surface area contributed by atoms with Gasteiger partial charge in [-0.3, -0.25) is 4.79 Å². The van der Waals surface area contributed by atoms with E-state index in [9.17, 15) is 9.59 Å². The molecule has 20 heavy (non-hydrogen) atoms. The van der Waals surface area contributed by atoms with Crippen molar-refractivity contribution in [2.75, 3.05) is 6.54 Å². The Morgan fingerprint density at radius 3 is 2.85 bits per heavy atom. The Kier molecular flexibility index (Phi) is 4.57. The lowest BCUT2D eigenvalue weighted by molar-refractivity contribution is -0.149. The van der Waals surface area contributed by atoms with Gasteiger partial charge in [-0.25, -0.2) is 4.79 Å². The summed E-state index contributed by atoms with van der Waals surface area (Å²) >= 11 is 0. The van der Waals surface area contributed by atoms with Gasteiger partial charge in [-0.2, -0.15) is 0 Å². The molecule has 2 unspecified atom stereocenters. The quantitative estimate of drug-likeness (QED) is 0.794. The van der Waals surface area contributed by atoms with Gasteiger partial charge in [0.15, 0.2) is 6.10 Å². The molecule has 0 aliphatic carbocycles. The number of ether oxygens (including phenoxy) is 1. The second-order valence-corrected chi connectivity index (χ2v) is 4.69. The second-order valence-electron chi connectivity index (χ2n) is 4.69. The molecule has 1 saturated heterocycles. The molecule has 2 atom stereocenters. The molecular formula is C14H17NO5. The van der Waals surface area contributed by atoms with E-state index < -0.39 is 12.1 Å². The Hall–Kier alpha value is -2.08. The summed E-state index contributed by atoms with van der Waals surface area (Å²) in [6.45, 7) is 2.14. The molecule has 2 rings (SSSR count). The number of amides is 1. The first-order valence-corrected chi connectivity index (χ1v) is 6.45. The van der Waals surface area contributed by atoms with Crippen LogP contribution in [0.25, 0.3) is 6.08 Å². The Balaban J connectivity index is 1.73. The van der Waals surface area contributed by atoms with Crippen LogP contribution in [0.4, 0.5) is 0 Å². The lowest BCUT2D eigenvalue weighted by Crippen LogP contribution is -2.32. The first-order valence-electron chi connectivity index (χ1n) is 6.45. The Labute approximate surface area is 116 Å². The van der Waals surface area contributed by atoms with Gasteiger partial charge in [0.1, 0.15) is 11.5 Å². The van der Waals surface area contributed by atoms with Gasteiger partial charge in [-0.15, -0.1) is 0 Å². The molecule has 1 aromatic heterocycles. The molecule has 0 bridgehead atoms. The lowest BCUT2D eigenvalue weighted by Gasteiger charge is -2.11. The minimum atomic E-state index is -0.952. The number of nitrogens with one attached hydrogen (secondary N) is 1. The van der Waals surface area contributed by atoms with Gasteiger partial charge in [-0.05, 0) is 38.0 Å². The van der Waals surface area contributed by atoms with Crippen molar-refractivity contribution in [1.82, 2.24) is 5.32 Å². The van der Waals surface area contributed by atoms with Gasteiger partial charge in [-0.1, -0.05) is 0 Å². The fourth-order valence-electron chi connectivity index (χ4n) is 2.01. The molecule has 6 nitrogen and oxygen atoms in total. The van der Waals surface area contributed by atoms with E-state index >= 15 is 0 Å². The van der Waals surface area contributed by atoms with E-state index in [1.165, 1.54) is 6.08 Å². The summed E-state index contributed by atoms with van der Waals surface area (Å²) in [6, 6.07) is 3.59. The van der Waals surface area contributed by atoms with Crippen LogP contribution in [-0.4, -0.2) is 35.7 Å². The molecule has 1 amide bonds. The molecule has 1 aliphatic heterocycles. The van der Waals surface area contributed by atoms with E-state index in [2.05, 4.69) is 5.32 Å². The summed E-state index contributed by atoms with van der Waals surface area (Å²) < 4.78 is 10.6. The van der Waals surface area contributed by atoms with E-state index in [4.69, 9.17) is 14.3 Å². The topological polar surface area (TPSA) is 88.8 Å². The normalized spacial score (nSPS) is 22.2. The average Bonchev–Trinajstić information content (AvgIpc) is 3.03. The van der Waals surface area contributed by atoms with Crippen LogP contribution in [0.2, 0.25) is 0 Å². The van der Waals surface area contributed by atoms with Crippen molar-refractivity contribution in [1.29, 1.82) is 0 Å². The van der Waals surface area contributed by atoms with Crippen LogP contribution < -0.4 is 5.32 Å². The summed E-state index contributed by atoms with van der Waals surface area (Å²) in [5.74, 6) is 0.179. The third kappa shape index (κ3) is 3.96. The molecule has 1 fully saturated rings. The van der Waals surface area contributed by atoms with Crippen molar-refractivity contribution in [3.8, 4) is 0 Å². The SMILES string of the molecule is Cc1ccc(/C=C/C(=O)NCC2CCC(C(=O)O)O2)o1. The number of aryl methyl sites for hydroxylation is 1.